The summed E-state index contributed by atoms with van der Waals surface area (Å²) in [5.41, 5.74) is 0.536. The van der Waals surface area contributed by atoms with E-state index < -0.39 is 0 Å². The van der Waals surface area contributed by atoms with Crippen LogP contribution in [0.15, 0.2) is 27.0 Å². The van der Waals surface area contributed by atoms with Crippen LogP contribution in [-0.2, 0) is 7.05 Å². The minimum absolute atomic E-state index is 0.0928. The minimum Gasteiger partial charge on any atom is -0.373 e. The van der Waals surface area contributed by atoms with Gasteiger partial charge in [0.05, 0.1) is 17.9 Å². The number of aromatic nitrogens is 3. The molecule has 0 amide bonds. The van der Waals surface area contributed by atoms with Crippen LogP contribution in [0.2, 0.25) is 0 Å². The molecule has 7 heteroatoms. The summed E-state index contributed by atoms with van der Waals surface area (Å²) in [6, 6.07) is 0.0928. The Balaban J connectivity index is 2.28. The highest BCUT2D eigenvalue weighted by Crippen LogP contribution is 2.26. The van der Waals surface area contributed by atoms with Crippen LogP contribution in [0.4, 0.5) is 5.69 Å². The van der Waals surface area contributed by atoms with Crippen molar-refractivity contribution in [2.75, 3.05) is 5.32 Å². The number of hydrogen-bond donors (Lipinski definition) is 1. The van der Waals surface area contributed by atoms with Crippen molar-refractivity contribution in [1.29, 1.82) is 0 Å². The summed E-state index contributed by atoms with van der Waals surface area (Å²) in [6.07, 6.45) is 4.30. The molecule has 1 atom stereocenters. The molecular formula is C11H13BrN4OS. The lowest BCUT2D eigenvalue weighted by Gasteiger charge is -2.16. The van der Waals surface area contributed by atoms with Gasteiger partial charge in [0.2, 0.25) is 0 Å². The molecule has 0 saturated heterocycles. The van der Waals surface area contributed by atoms with Gasteiger partial charge in [-0.15, -0.1) is 11.3 Å². The molecule has 1 N–H and O–H groups in total. The molecule has 1 unspecified atom stereocenters. The molecule has 18 heavy (non-hydrogen) atoms. The topological polar surface area (TPSA) is 59.8 Å². The van der Waals surface area contributed by atoms with E-state index in [-0.39, 0.29) is 11.6 Å². The first kappa shape index (κ1) is 13.2. The van der Waals surface area contributed by atoms with Crippen LogP contribution in [0.3, 0.4) is 0 Å². The number of halogens is 1. The van der Waals surface area contributed by atoms with Gasteiger partial charge in [-0.05, 0) is 22.4 Å². The van der Waals surface area contributed by atoms with E-state index >= 15 is 0 Å². The fourth-order valence-corrected chi connectivity index (χ4v) is 2.79. The molecule has 0 aromatic carbocycles. The van der Waals surface area contributed by atoms with Gasteiger partial charge >= 0.3 is 0 Å². The van der Waals surface area contributed by atoms with E-state index in [0.717, 1.165) is 11.4 Å². The van der Waals surface area contributed by atoms with Gasteiger partial charge in [-0.2, -0.15) is 5.10 Å². The van der Waals surface area contributed by atoms with Crippen LogP contribution >= 0.6 is 27.3 Å². The maximum absolute atomic E-state index is 11.7. The first-order valence-corrected chi connectivity index (χ1v) is 7.18. The minimum atomic E-state index is -0.158. The summed E-state index contributed by atoms with van der Waals surface area (Å²) in [5.74, 6) is 0. The lowest BCUT2D eigenvalue weighted by atomic mass is 10.2. The van der Waals surface area contributed by atoms with Crippen LogP contribution < -0.4 is 10.9 Å². The zero-order chi connectivity index (χ0) is 13.1. The van der Waals surface area contributed by atoms with Gasteiger partial charge in [-0.25, -0.2) is 9.67 Å². The fraction of sp³-hybridized carbons (Fsp3) is 0.364. The summed E-state index contributed by atoms with van der Waals surface area (Å²) >= 11 is 4.89. The molecule has 0 bridgehead atoms. The van der Waals surface area contributed by atoms with Crippen molar-refractivity contribution in [1.82, 2.24) is 14.8 Å². The van der Waals surface area contributed by atoms with Crippen molar-refractivity contribution in [3.8, 4) is 0 Å². The molecule has 0 fully saturated rings. The molecule has 0 aliphatic rings. The third-order valence-corrected chi connectivity index (χ3v) is 4.22. The van der Waals surface area contributed by atoms with Gasteiger partial charge in [-0.3, -0.25) is 4.79 Å². The summed E-state index contributed by atoms with van der Waals surface area (Å²) in [4.78, 5) is 16.0. The fourth-order valence-electron chi connectivity index (χ4n) is 1.54. The maximum Gasteiger partial charge on any atom is 0.282 e. The Morgan fingerprint density at radius 3 is 3.00 bits per heavy atom. The average Bonchev–Trinajstić information content (AvgIpc) is 2.89. The van der Waals surface area contributed by atoms with Crippen LogP contribution in [0.5, 0.6) is 0 Å². The summed E-state index contributed by atoms with van der Waals surface area (Å²) < 4.78 is 1.79. The molecule has 2 aromatic heterocycles. The summed E-state index contributed by atoms with van der Waals surface area (Å²) in [7, 11) is 1.62. The zero-order valence-electron chi connectivity index (χ0n) is 10.1. The molecule has 2 aromatic rings. The molecular weight excluding hydrogens is 316 g/mol. The van der Waals surface area contributed by atoms with E-state index in [4.69, 9.17) is 0 Å². The monoisotopic (exact) mass is 328 g/mol. The van der Waals surface area contributed by atoms with Crippen LogP contribution in [0.1, 0.15) is 24.4 Å². The second-order valence-corrected chi connectivity index (χ2v) is 5.50. The van der Waals surface area contributed by atoms with Gasteiger partial charge in [0.25, 0.3) is 5.56 Å². The van der Waals surface area contributed by atoms with Crippen molar-refractivity contribution < 1.29 is 0 Å². The Kier molecular flexibility index (Phi) is 4.13. The van der Waals surface area contributed by atoms with Gasteiger partial charge in [0.1, 0.15) is 9.48 Å². The van der Waals surface area contributed by atoms with Crippen molar-refractivity contribution >= 4 is 33.0 Å². The van der Waals surface area contributed by atoms with Gasteiger partial charge < -0.3 is 5.32 Å². The highest BCUT2D eigenvalue weighted by molar-refractivity contribution is 9.10. The van der Waals surface area contributed by atoms with Crippen LogP contribution in [0, 0.1) is 0 Å². The molecule has 2 heterocycles. The molecule has 96 valence electrons. The van der Waals surface area contributed by atoms with Crippen molar-refractivity contribution in [3.63, 3.8) is 0 Å². The van der Waals surface area contributed by atoms with Crippen molar-refractivity contribution in [3.05, 3.63) is 37.6 Å². The standard InChI is InChI=1S/C11H13BrN4OS/c1-3-7(10-13-4-5-18-10)15-8-6-14-16(2)11(17)9(8)12/h4-7,15H,3H2,1-2H3. The normalized spacial score (nSPS) is 12.4. The third kappa shape index (κ3) is 2.62. The van der Waals surface area contributed by atoms with E-state index in [2.05, 4.69) is 38.3 Å². The smallest absolute Gasteiger partial charge is 0.282 e. The predicted octanol–water partition coefficient (Wildman–Crippen LogP) is 2.56. The molecule has 0 aliphatic carbocycles. The number of anilines is 1. The first-order valence-electron chi connectivity index (χ1n) is 5.51. The van der Waals surface area contributed by atoms with Crippen LogP contribution in [-0.4, -0.2) is 14.8 Å². The van der Waals surface area contributed by atoms with Crippen molar-refractivity contribution in [2.45, 2.75) is 19.4 Å². The molecule has 0 spiro atoms. The number of aryl methyl sites for hydroxylation is 1. The first-order chi connectivity index (χ1) is 8.63. The number of nitrogens with one attached hydrogen (secondary N) is 1. The van der Waals surface area contributed by atoms with Crippen molar-refractivity contribution in [2.24, 2.45) is 7.05 Å². The Morgan fingerprint density at radius 2 is 2.39 bits per heavy atom. The molecule has 0 saturated carbocycles. The second-order valence-electron chi connectivity index (χ2n) is 3.78. The second kappa shape index (κ2) is 5.62. The van der Waals surface area contributed by atoms with E-state index in [1.165, 1.54) is 4.68 Å². The molecule has 0 radical (unpaired) electrons. The lowest BCUT2D eigenvalue weighted by Crippen LogP contribution is -2.22. The van der Waals surface area contributed by atoms with Gasteiger partial charge in [0.15, 0.2) is 0 Å². The Hall–Kier alpha value is -1.21. The zero-order valence-corrected chi connectivity index (χ0v) is 12.5. The average molecular weight is 329 g/mol. The third-order valence-electron chi connectivity index (χ3n) is 2.57. The van der Waals surface area contributed by atoms with E-state index in [0.29, 0.717) is 10.2 Å². The predicted molar refractivity (Wildman–Crippen MR) is 75.9 cm³/mol. The number of rotatable bonds is 4. The summed E-state index contributed by atoms with van der Waals surface area (Å²) in [5, 5.41) is 10.2. The Labute approximate surface area is 117 Å². The quantitative estimate of drug-likeness (QED) is 0.937. The SMILES string of the molecule is CCC(Nc1cnn(C)c(=O)c1Br)c1nccs1. The highest BCUT2D eigenvalue weighted by atomic mass is 79.9. The van der Waals surface area contributed by atoms with E-state index in [9.17, 15) is 4.79 Å². The Bertz CT molecular complexity index is 581. The van der Waals surface area contributed by atoms with Gasteiger partial charge in [0, 0.05) is 18.6 Å². The maximum atomic E-state index is 11.7. The lowest BCUT2D eigenvalue weighted by molar-refractivity contribution is 0.694. The number of hydrogen-bond acceptors (Lipinski definition) is 5. The molecule has 0 aliphatic heterocycles. The molecule has 5 nitrogen and oxygen atoms in total. The highest BCUT2D eigenvalue weighted by Gasteiger charge is 2.15. The van der Waals surface area contributed by atoms with Crippen LogP contribution in [0.25, 0.3) is 0 Å². The van der Waals surface area contributed by atoms with E-state index in [1.807, 2.05) is 5.38 Å². The van der Waals surface area contributed by atoms with Gasteiger partial charge in [-0.1, -0.05) is 6.92 Å². The number of thiazole rings is 1. The number of nitrogens with zero attached hydrogens (tertiary/aromatic N) is 3. The Morgan fingerprint density at radius 1 is 1.61 bits per heavy atom. The summed E-state index contributed by atoms with van der Waals surface area (Å²) in [6.45, 7) is 2.07. The largest absolute Gasteiger partial charge is 0.373 e. The molecule has 2 rings (SSSR count). The van der Waals surface area contributed by atoms with E-state index in [1.54, 1.807) is 30.8 Å².